The Morgan fingerprint density at radius 2 is 1.15 bits per heavy atom. The van der Waals surface area contributed by atoms with E-state index in [9.17, 15) is 0 Å². The first-order valence-electron chi connectivity index (χ1n) is 12.9. The van der Waals surface area contributed by atoms with Crippen LogP contribution in [0.5, 0.6) is 0 Å². The number of fused-ring (bicyclic) bond motifs is 3. The van der Waals surface area contributed by atoms with Gasteiger partial charge in [-0.05, 0) is 30.3 Å². The minimum atomic E-state index is 0.499. The number of nitrogens with one attached hydrogen (secondary N) is 2. The van der Waals surface area contributed by atoms with E-state index in [1.165, 1.54) is 0 Å². The zero-order valence-electron chi connectivity index (χ0n) is 21.4. The zero-order valence-corrected chi connectivity index (χ0v) is 21.4. The molecule has 0 unspecified atom stereocenters. The number of aromatic nitrogens is 4. The fourth-order valence-corrected chi connectivity index (χ4v) is 4.99. The van der Waals surface area contributed by atoms with E-state index in [0.717, 1.165) is 44.3 Å². The van der Waals surface area contributed by atoms with Gasteiger partial charge in [0.1, 0.15) is 5.69 Å². The quantitative estimate of drug-likeness (QED) is 0.216. The molecule has 7 aromatic rings. The Hall–Kier alpha value is -5.69. The van der Waals surface area contributed by atoms with E-state index in [0.29, 0.717) is 23.3 Å². The van der Waals surface area contributed by atoms with Gasteiger partial charge in [0.25, 0.3) is 0 Å². The topological polar surface area (TPSA) is 91.8 Å². The summed E-state index contributed by atoms with van der Waals surface area (Å²) in [5.41, 5.74) is 13.8. The molecule has 0 spiro atoms. The lowest BCUT2D eigenvalue weighted by molar-refractivity contribution is 0.953. The molecule has 0 aliphatic carbocycles. The molecular weight excluding hydrogens is 494 g/mol. The van der Waals surface area contributed by atoms with Crippen LogP contribution in [0.4, 0.5) is 17.1 Å². The van der Waals surface area contributed by atoms with Crippen molar-refractivity contribution in [3.63, 3.8) is 0 Å². The summed E-state index contributed by atoms with van der Waals surface area (Å²) >= 11 is 0. The van der Waals surface area contributed by atoms with E-state index in [1.54, 1.807) is 0 Å². The van der Waals surface area contributed by atoms with Gasteiger partial charge in [0, 0.05) is 27.6 Å². The minimum absolute atomic E-state index is 0.499. The van der Waals surface area contributed by atoms with E-state index in [2.05, 4.69) is 22.6 Å². The third kappa shape index (κ3) is 4.16. The first-order valence-corrected chi connectivity index (χ1v) is 12.9. The summed E-state index contributed by atoms with van der Waals surface area (Å²) in [7, 11) is 0. The number of hydrogen-bond donors (Lipinski definition) is 2. The molecule has 7 nitrogen and oxygen atoms in total. The third-order valence-electron chi connectivity index (χ3n) is 6.85. The third-order valence-corrected chi connectivity index (χ3v) is 6.85. The van der Waals surface area contributed by atoms with E-state index in [1.807, 2.05) is 120 Å². The molecule has 0 radical (unpaired) electrons. The molecule has 5 aromatic carbocycles. The maximum atomic E-state index is 7.96. The fraction of sp³-hybridized carbons (Fsp3) is 0. The summed E-state index contributed by atoms with van der Waals surface area (Å²) in [5, 5.41) is 9.35. The van der Waals surface area contributed by atoms with Gasteiger partial charge in [-0.15, -0.1) is 0 Å². The first kappa shape index (κ1) is 23.4. The van der Waals surface area contributed by atoms with Crippen LogP contribution < -0.4 is 5.32 Å². The lowest BCUT2D eigenvalue weighted by Gasteiger charge is -2.12. The maximum Gasteiger partial charge on any atom is 0.238 e. The minimum Gasteiger partial charge on any atom is -0.354 e. The number of hydrogen-bond acceptors (Lipinski definition) is 6. The number of rotatable bonds is 6. The van der Waals surface area contributed by atoms with Crippen LogP contribution in [0.2, 0.25) is 0 Å². The number of anilines is 2. The monoisotopic (exact) mass is 517 g/mol. The smallest absolute Gasteiger partial charge is 0.238 e. The molecule has 2 aromatic heterocycles. The molecule has 0 aliphatic rings. The Kier molecular flexibility index (Phi) is 5.79. The molecule has 0 fully saturated rings. The molecule has 7 heteroatoms. The molecule has 0 atom stereocenters. The normalized spacial score (nSPS) is 11.1. The van der Waals surface area contributed by atoms with Gasteiger partial charge >= 0.3 is 0 Å². The second-order valence-electron chi connectivity index (χ2n) is 9.36. The van der Waals surface area contributed by atoms with Crippen LogP contribution in [-0.2, 0) is 0 Å². The van der Waals surface area contributed by atoms with Crippen LogP contribution >= 0.6 is 0 Å². The van der Waals surface area contributed by atoms with Gasteiger partial charge in [-0.3, -0.25) is 4.57 Å². The van der Waals surface area contributed by atoms with E-state index in [-0.39, 0.29) is 0 Å². The molecule has 0 amide bonds. The van der Waals surface area contributed by atoms with Crippen molar-refractivity contribution in [2.45, 2.75) is 0 Å². The molecular formula is C33H23N7. The number of para-hydroxylation sites is 2. The number of nitrogens with zero attached hydrogens (tertiary/aromatic N) is 5. The first-order chi connectivity index (χ1) is 19.8. The predicted octanol–water partition coefficient (Wildman–Crippen LogP) is 8.71. The SMILES string of the molecule is N=Nc1cc2c(cc1Nc1ccccc1)c1ccccc1n2-c1nc(-c2ccccc2)nc(-c2ccccc2)n1. The predicted molar refractivity (Wildman–Crippen MR) is 160 cm³/mol. The number of benzene rings is 5. The molecule has 0 saturated heterocycles. The largest absolute Gasteiger partial charge is 0.354 e. The van der Waals surface area contributed by atoms with Crippen molar-refractivity contribution in [2.75, 3.05) is 5.32 Å². The van der Waals surface area contributed by atoms with Crippen LogP contribution in [0, 0.1) is 5.53 Å². The second kappa shape index (κ2) is 9.89. The summed E-state index contributed by atoms with van der Waals surface area (Å²) in [5.74, 6) is 1.67. The second-order valence-corrected chi connectivity index (χ2v) is 9.36. The van der Waals surface area contributed by atoms with Gasteiger partial charge < -0.3 is 5.32 Å². The van der Waals surface area contributed by atoms with E-state index >= 15 is 0 Å². The highest BCUT2D eigenvalue weighted by Gasteiger charge is 2.19. The molecule has 0 saturated carbocycles. The summed E-state index contributed by atoms with van der Waals surface area (Å²) in [4.78, 5) is 14.8. The lowest BCUT2D eigenvalue weighted by Crippen LogP contribution is -2.06. The highest BCUT2D eigenvalue weighted by atomic mass is 15.2. The molecule has 40 heavy (non-hydrogen) atoms. The van der Waals surface area contributed by atoms with Gasteiger partial charge in [-0.2, -0.15) is 15.1 Å². The van der Waals surface area contributed by atoms with Crippen molar-refractivity contribution < 1.29 is 0 Å². The van der Waals surface area contributed by atoms with Gasteiger partial charge in [0.15, 0.2) is 11.6 Å². The summed E-state index contributed by atoms with van der Waals surface area (Å²) in [6.07, 6.45) is 0. The van der Waals surface area contributed by atoms with Crippen LogP contribution in [-0.4, -0.2) is 19.5 Å². The molecule has 0 aliphatic heterocycles. The maximum absolute atomic E-state index is 7.96. The highest BCUT2D eigenvalue weighted by Crippen LogP contribution is 2.39. The van der Waals surface area contributed by atoms with Crippen LogP contribution in [0.15, 0.2) is 133 Å². The average Bonchev–Trinajstić information content (AvgIpc) is 3.35. The van der Waals surface area contributed by atoms with Gasteiger partial charge in [-0.1, -0.05) is 97.1 Å². The zero-order chi connectivity index (χ0) is 26.9. The Bertz CT molecular complexity index is 1930. The fourth-order valence-electron chi connectivity index (χ4n) is 4.99. The van der Waals surface area contributed by atoms with E-state index < -0.39 is 0 Å². The highest BCUT2D eigenvalue weighted by molar-refractivity contribution is 6.11. The van der Waals surface area contributed by atoms with Crippen LogP contribution in [0.1, 0.15) is 0 Å². The standard InChI is InChI=1S/C33H23N7/c34-39-28-21-30-26(20-27(28)35-24-16-8-3-9-17-24)25-18-10-11-19-29(25)40(30)33-37-31(22-12-4-1-5-13-22)36-32(38-33)23-14-6-2-7-15-23/h1-21,34-35H. The van der Waals surface area contributed by atoms with Crippen molar-refractivity contribution in [1.82, 2.24) is 19.5 Å². The molecule has 2 N–H and O–H groups in total. The molecule has 190 valence electrons. The van der Waals surface area contributed by atoms with Crippen LogP contribution in [0.3, 0.4) is 0 Å². The molecule has 0 bridgehead atoms. The van der Waals surface area contributed by atoms with Crippen molar-refractivity contribution >= 4 is 38.9 Å². The average molecular weight is 518 g/mol. The van der Waals surface area contributed by atoms with Crippen molar-refractivity contribution in [3.05, 3.63) is 127 Å². The Balaban J connectivity index is 1.50. The van der Waals surface area contributed by atoms with Gasteiger partial charge in [0.05, 0.1) is 16.7 Å². The van der Waals surface area contributed by atoms with Crippen molar-refractivity contribution in [2.24, 2.45) is 5.11 Å². The summed E-state index contributed by atoms with van der Waals surface area (Å²) in [6, 6.07) is 41.9. The van der Waals surface area contributed by atoms with Crippen molar-refractivity contribution in [1.29, 1.82) is 5.53 Å². The van der Waals surface area contributed by atoms with Gasteiger partial charge in [-0.25, -0.2) is 10.5 Å². The van der Waals surface area contributed by atoms with Crippen LogP contribution in [0.25, 0.3) is 50.5 Å². The van der Waals surface area contributed by atoms with Gasteiger partial charge in [0.2, 0.25) is 5.95 Å². The molecule has 7 rings (SSSR count). The summed E-state index contributed by atoms with van der Waals surface area (Å²) < 4.78 is 2.03. The Morgan fingerprint density at radius 1 is 0.575 bits per heavy atom. The Labute approximate surface area is 230 Å². The lowest BCUT2D eigenvalue weighted by atomic mass is 10.1. The molecule has 2 heterocycles. The van der Waals surface area contributed by atoms with E-state index in [4.69, 9.17) is 20.5 Å². The summed E-state index contributed by atoms with van der Waals surface area (Å²) in [6.45, 7) is 0. The Morgan fingerprint density at radius 3 is 1.77 bits per heavy atom. The van der Waals surface area contributed by atoms with Crippen molar-refractivity contribution in [3.8, 4) is 28.7 Å².